The highest BCUT2D eigenvalue weighted by Crippen LogP contribution is 2.39. The Morgan fingerprint density at radius 1 is 1.08 bits per heavy atom. The normalized spacial score (nSPS) is 14.5. The molecule has 0 aliphatic carbocycles. The van der Waals surface area contributed by atoms with E-state index in [0.717, 1.165) is 45.7 Å². The minimum absolute atomic E-state index is 0.100. The van der Waals surface area contributed by atoms with Crippen LogP contribution in [0.15, 0.2) is 52.4 Å². The molecule has 0 fully saturated rings. The standard InChI is InChI=1S/C19H16F3N3S/c1-11-2-4-12(5-3-11)17-16(18-23-8-9-24-18)14-10-13(26-19(20,21)22)6-7-15(14)25-17/h2-7,10,25H,8-9H2,1H3,(H,23,24). The zero-order valence-electron chi connectivity index (χ0n) is 13.9. The van der Waals surface area contributed by atoms with Crippen LogP contribution in [0.2, 0.25) is 0 Å². The summed E-state index contributed by atoms with van der Waals surface area (Å²) in [4.78, 5) is 8.01. The van der Waals surface area contributed by atoms with Crippen molar-refractivity contribution < 1.29 is 13.2 Å². The molecule has 0 spiro atoms. The average Bonchev–Trinajstić information content (AvgIpc) is 3.20. The van der Waals surface area contributed by atoms with E-state index in [1.165, 1.54) is 6.07 Å². The molecule has 0 saturated carbocycles. The summed E-state index contributed by atoms with van der Waals surface area (Å²) >= 11 is -0.100. The van der Waals surface area contributed by atoms with Gasteiger partial charge in [-0.1, -0.05) is 29.8 Å². The SMILES string of the molecule is Cc1ccc(-c2[nH]c3ccc(SC(F)(F)F)cc3c2C2=NCCN2)cc1. The van der Waals surface area contributed by atoms with Gasteiger partial charge in [-0.2, -0.15) is 13.2 Å². The molecule has 2 aromatic carbocycles. The lowest BCUT2D eigenvalue weighted by atomic mass is 10.0. The average molecular weight is 375 g/mol. The van der Waals surface area contributed by atoms with Gasteiger partial charge in [0.1, 0.15) is 5.84 Å². The molecule has 134 valence electrons. The first-order valence-corrected chi connectivity index (χ1v) is 8.99. The number of nitrogens with one attached hydrogen (secondary N) is 2. The number of benzene rings is 2. The molecule has 1 aliphatic rings. The number of thioether (sulfide) groups is 1. The van der Waals surface area contributed by atoms with Crippen LogP contribution in [0.3, 0.4) is 0 Å². The van der Waals surface area contributed by atoms with Gasteiger partial charge >= 0.3 is 5.51 Å². The molecular formula is C19H16F3N3S. The van der Waals surface area contributed by atoms with Crippen LogP contribution in [0.5, 0.6) is 0 Å². The smallest absolute Gasteiger partial charge is 0.368 e. The number of aromatic amines is 1. The number of nitrogens with zero attached hydrogens (tertiary/aromatic N) is 1. The second-order valence-electron chi connectivity index (χ2n) is 6.15. The Bertz CT molecular complexity index is 988. The van der Waals surface area contributed by atoms with Gasteiger partial charge in [-0.15, -0.1) is 0 Å². The van der Waals surface area contributed by atoms with Crippen LogP contribution in [0, 0.1) is 6.92 Å². The molecule has 0 atom stereocenters. The van der Waals surface area contributed by atoms with Crippen LogP contribution in [0.4, 0.5) is 13.2 Å². The van der Waals surface area contributed by atoms with Crippen molar-refractivity contribution >= 4 is 28.5 Å². The molecule has 0 amide bonds. The number of alkyl halides is 3. The number of rotatable bonds is 3. The Morgan fingerprint density at radius 2 is 1.85 bits per heavy atom. The number of aromatic nitrogens is 1. The van der Waals surface area contributed by atoms with E-state index >= 15 is 0 Å². The van der Waals surface area contributed by atoms with E-state index in [2.05, 4.69) is 15.3 Å². The van der Waals surface area contributed by atoms with E-state index in [-0.39, 0.29) is 16.7 Å². The summed E-state index contributed by atoms with van der Waals surface area (Å²) in [6.07, 6.45) is 0. The highest BCUT2D eigenvalue weighted by atomic mass is 32.2. The zero-order valence-corrected chi connectivity index (χ0v) is 14.8. The van der Waals surface area contributed by atoms with Gasteiger partial charge in [0.05, 0.1) is 12.2 Å². The Balaban J connectivity index is 1.91. The first-order valence-electron chi connectivity index (χ1n) is 8.18. The molecule has 3 aromatic rings. The van der Waals surface area contributed by atoms with E-state index in [4.69, 9.17) is 0 Å². The van der Waals surface area contributed by atoms with Gasteiger partial charge in [0.25, 0.3) is 0 Å². The van der Waals surface area contributed by atoms with Crippen molar-refractivity contribution in [1.29, 1.82) is 0 Å². The Morgan fingerprint density at radius 3 is 2.50 bits per heavy atom. The van der Waals surface area contributed by atoms with Gasteiger partial charge in [0.15, 0.2) is 0 Å². The molecule has 2 N–H and O–H groups in total. The van der Waals surface area contributed by atoms with Gasteiger partial charge in [0.2, 0.25) is 0 Å². The van der Waals surface area contributed by atoms with Crippen LogP contribution >= 0.6 is 11.8 Å². The maximum atomic E-state index is 12.8. The maximum Gasteiger partial charge on any atom is 0.446 e. The number of amidine groups is 1. The van der Waals surface area contributed by atoms with Crippen molar-refractivity contribution in [3.05, 3.63) is 53.6 Å². The molecule has 26 heavy (non-hydrogen) atoms. The Hall–Kier alpha value is -2.41. The summed E-state index contributed by atoms with van der Waals surface area (Å²) in [5.74, 6) is 0.723. The fraction of sp³-hybridized carbons (Fsp3) is 0.211. The number of fused-ring (bicyclic) bond motifs is 1. The highest BCUT2D eigenvalue weighted by molar-refractivity contribution is 8.00. The molecular weight excluding hydrogens is 359 g/mol. The van der Waals surface area contributed by atoms with Crippen molar-refractivity contribution in [3.8, 4) is 11.3 Å². The molecule has 1 aliphatic heterocycles. The first-order chi connectivity index (χ1) is 12.4. The van der Waals surface area contributed by atoms with Gasteiger partial charge < -0.3 is 10.3 Å². The summed E-state index contributed by atoms with van der Waals surface area (Å²) < 4.78 is 38.3. The molecule has 7 heteroatoms. The fourth-order valence-corrected chi connectivity index (χ4v) is 3.70. The third-order valence-electron chi connectivity index (χ3n) is 4.25. The first kappa shape index (κ1) is 17.0. The number of aryl methyl sites for hydroxylation is 1. The molecule has 4 rings (SSSR count). The highest BCUT2D eigenvalue weighted by Gasteiger charge is 2.30. The zero-order chi connectivity index (χ0) is 18.3. The molecule has 2 heterocycles. The third kappa shape index (κ3) is 3.31. The van der Waals surface area contributed by atoms with E-state index in [9.17, 15) is 13.2 Å². The number of H-pyrrole nitrogens is 1. The van der Waals surface area contributed by atoms with E-state index in [1.54, 1.807) is 12.1 Å². The second kappa shape index (κ2) is 6.39. The quantitative estimate of drug-likeness (QED) is 0.625. The van der Waals surface area contributed by atoms with Crippen molar-refractivity contribution in [3.63, 3.8) is 0 Å². The monoisotopic (exact) mass is 375 g/mol. The molecule has 0 unspecified atom stereocenters. The van der Waals surface area contributed by atoms with Gasteiger partial charge in [-0.25, -0.2) is 0 Å². The lowest BCUT2D eigenvalue weighted by molar-refractivity contribution is -0.0328. The van der Waals surface area contributed by atoms with Crippen LogP contribution in [-0.4, -0.2) is 29.4 Å². The Labute approximate surface area is 152 Å². The molecule has 3 nitrogen and oxygen atoms in total. The lowest BCUT2D eigenvalue weighted by Crippen LogP contribution is -2.19. The minimum atomic E-state index is -4.31. The molecule has 0 radical (unpaired) electrons. The maximum absolute atomic E-state index is 12.8. The largest absolute Gasteiger partial charge is 0.446 e. The minimum Gasteiger partial charge on any atom is -0.368 e. The second-order valence-corrected chi connectivity index (χ2v) is 7.29. The number of halogens is 3. The van der Waals surface area contributed by atoms with E-state index < -0.39 is 5.51 Å². The summed E-state index contributed by atoms with van der Waals surface area (Å²) in [6, 6.07) is 12.8. The lowest BCUT2D eigenvalue weighted by Gasteiger charge is -2.08. The van der Waals surface area contributed by atoms with E-state index in [1.807, 2.05) is 31.2 Å². The van der Waals surface area contributed by atoms with Crippen LogP contribution in [0.1, 0.15) is 11.1 Å². The van der Waals surface area contributed by atoms with Gasteiger partial charge in [-0.3, -0.25) is 4.99 Å². The van der Waals surface area contributed by atoms with Gasteiger partial charge in [0, 0.05) is 27.9 Å². The number of hydrogen-bond acceptors (Lipinski definition) is 3. The predicted octanol–water partition coefficient (Wildman–Crippen LogP) is 5.11. The van der Waals surface area contributed by atoms with Crippen molar-refractivity contribution in [1.82, 2.24) is 10.3 Å². The van der Waals surface area contributed by atoms with Gasteiger partial charge in [-0.05, 0) is 42.4 Å². The van der Waals surface area contributed by atoms with Crippen LogP contribution in [-0.2, 0) is 0 Å². The fourth-order valence-electron chi connectivity index (χ4n) is 3.12. The van der Waals surface area contributed by atoms with E-state index in [0.29, 0.717) is 6.54 Å². The summed E-state index contributed by atoms with van der Waals surface area (Å²) in [6.45, 7) is 3.40. The van der Waals surface area contributed by atoms with Crippen LogP contribution in [0.25, 0.3) is 22.2 Å². The molecule has 1 aromatic heterocycles. The van der Waals surface area contributed by atoms with Crippen molar-refractivity contribution in [2.45, 2.75) is 17.3 Å². The third-order valence-corrected chi connectivity index (χ3v) is 4.98. The van der Waals surface area contributed by atoms with Crippen LogP contribution < -0.4 is 5.32 Å². The Kier molecular flexibility index (Phi) is 4.19. The predicted molar refractivity (Wildman–Crippen MR) is 99.8 cm³/mol. The summed E-state index contributed by atoms with van der Waals surface area (Å²) in [5, 5.41) is 3.98. The van der Waals surface area contributed by atoms with Crippen molar-refractivity contribution in [2.75, 3.05) is 13.1 Å². The summed E-state index contributed by atoms with van der Waals surface area (Å²) in [5.41, 5.74) is 0.286. The topological polar surface area (TPSA) is 40.2 Å². The molecule has 0 bridgehead atoms. The number of hydrogen-bond donors (Lipinski definition) is 2. The van der Waals surface area contributed by atoms with Crippen molar-refractivity contribution in [2.24, 2.45) is 4.99 Å². The molecule has 0 saturated heterocycles. The summed E-state index contributed by atoms with van der Waals surface area (Å²) in [7, 11) is 0. The number of aliphatic imine (C=N–C) groups is 1.